The van der Waals surface area contributed by atoms with E-state index < -0.39 is 0 Å². The summed E-state index contributed by atoms with van der Waals surface area (Å²) in [6.45, 7) is 3.88. The maximum absolute atomic E-state index is 13.1. The van der Waals surface area contributed by atoms with Gasteiger partial charge < -0.3 is 10.1 Å². The maximum Gasteiger partial charge on any atom is 0.230 e. The van der Waals surface area contributed by atoms with Crippen LogP contribution < -0.4 is 5.32 Å². The van der Waals surface area contributed by atoms with Crippen molar-refractivity contribution < 1.29 is 9.53 Å². The third-order valence-electron chi connectivity index (χ3n) is 5.55. The van der Waals surface area contributed by atoms with Gasteiger partial charge in [0, 0.05) is 50.7 Å². The maximum atomic E-state index is 13.1. The van der Waals surface area contributed by atoms with Crippen LogP contribution in [0, 0.1) is 11.3 Å². The molecule has 2 aliphatic rings. The Bertz CT molecular complexity index is 732. The highest BCUT2D eigenvalue weighted by atomic mass is 16.5. The van der Waals surface area contributed by atoms with Gasteiger partial charge in [0.05, 0.1) is 11.6 Å². The van der Waals surface area contributed by atoms with Crippen LogP contribution in [0.2, 0.25) is 0 Å². The van der Waals surface area contributed by atoms with Crippen molar-refractivity contribution in [1.82, 2.24) is 14.9 Å². The van der Waals surface area contributed by atoms with E-state index in [1.165, 1.54) is 0 Å². The van der Waals surface area contributed by atoms with Crippen molar-refractivity contribution in [1.29, 1.82) is 0 Å². The number of nitrogens with zero attached hydrogens (tertiary/aromatic N) is 3. The molecule has 4 rings (SSSR count). The number of ether oxygens (including phenoxy) is 1. The first kappa shape index (κ1) is 17.1. The number of nitrogens with one attached hydrogen (secondary N) is 1. The van der Waals surface area contributed by atoms with Crippen LogP contribution in [-0.4, -0.2) is 47.1 Å². The second kappa shape index (κ2) is 7.51. The molecular weight excluding hydrogens is 328 g/mol. The molecule has 1 amide bonds. The predicted octanol–water partition coefficient (Wildman–Crippen LogP) is 2.34. The standard InChI is InChI=1S/C20H24N4O2/c25-19(23-18-6-2-4-10-22-18)17-14-24(13-16-5-1-3-9-21-16)15-20(17)7-11-26-12-8-20/h1-6,9-10,17H,7-8,11-15H2,(H,22,23,25). The zero-order valence-corrected chi connectivity index (χ0v) is 14.8. The van der Waals surface area contributed by atoms with Gasteiger partial charge in [-0.1, -0.05) is 12.1 Å². The molecule has 2 aliphatic heterocycles. The van der Waals surface area contributed by atoms with E-state index in [0.29, 0.717) is 5.82 Å². The van der Waals surface area contributed by atoms with Crippen LogP contribution >= 0.6 is 0 Å². The SMILES string of the molecule is O=C(Nc1ccccn1)C1CN(Cc2ccccn2)CC12CCOCC2. The third kappa shape index (κ3) is 3.61. The Labute approximate surface area is 153 Å². The van der Waals surface area contributed by atoms with Gasteiger partial charge >= 0.3 is 0 Å². The highest BCUT2D eigenvalue weighted by Gasteiger charge is 2.50. The highest BCUT2D eigenvalue weighted by molar-refractivity contribution is 5.92. The minimum Gasteiger partial charge on any atom is -0.381 e. The molecule has 136 valence electrons. The summed E-state index contributed by atoms with van der Waals surface area (Å²) >= 11 is 0. The molecule has 2 aromatic heterocycles. The Balaban J connectivity index is 1.51. The summed E-state index contributed by atoms with van der Waals surface area (Å²) in [5.74, 6) is 0.620. The van der Waals surface area contributed by atoms with Crippen molar-refractivity contribution in [3.8, 4) is 0 Å². The molecule has 2 fully saturated rings. The molecule has 6 heteroatoms. The Kier molecular flexibility index (Phi) is 4.95. The highest BCUT2D eigenvalue weighted by Crippen LogP contribution is 2.45. The Hall–Kier alpha value is -2.31. The van der Waals surface area contributed by atoms with Gasteiger partial charge in [-0.3, -0.25) is 14.7 Å². The Morgan fingerprint density at radius 3 is 2.62 bits per heavy atom. The molecule has 1 spiro atoms. The van der Waals surface area contributed by atoms with E-state index in [0.717, 1.165) is 51.4 Å². The lowest BCUT2D eigenvalue weighted by molar-refractivity contribution is -0.124. The van der Waals surface area contributed by atoms with Crippen LogP contribution in [0.5, 0.6) is 0 Å². The summed E-state index contributed by atoms with van der Waals surface area (Å²) in [7, 11) is 0. The first-order valence-electron chi connectivity index (χ1n) is 9.17. The Morgan fingerprint density at radius 2 is 1.92 bits per heavy atom. The van der Waals surface area contributed by atoms with Crippen molar-refractivity contribution >= 4 is 11.7 Å². The molecule has 0 aromatic carbocycles. The van der Waals surface area contributed by atoms with Crippen LogP contribution in [0.15, 0.2) is 48.8 Å². The van der Waals surface area contributed by atoms with E-state index in [9.17, 15) is 4.79 Å². The van der Waals surface area contributed by atoms with Crippen LogP contribution in [0.4, 0.5) is 5.82 Å². The van der Waals surface area contributed by atoms with Gasteiger partial charge in [-0.15, -0.1) is 0 Å². The van der Waals surface area contributed by atoms with E-state index in [1.54, 1.807) is 6.20 Å². The molecule has 0 bridgehead atoms. The zero-order valence-electron chi connectivity index (χ0n) is 14.8. The van der Waals surface area contributed by atoms with Crippen molar-refractivity contribution in [2.45, 2.75) is 19.4 Å². The molecule has 0 saturated carbocycles. The monoisotopic (exact) mass is 352 g/mol. The number of likely N-dealkylation sites (tertiary alicyclic amines) is 1. The molecule has 2 aromatic rings. The molecule has 2 saturated heterocycles. The normalized spacial score (nSPS) is 22.4. The van der Waals surface area contributed by atoms with E-state index in [1.807, 2.05) is 42.6 Å². The molecule has 1 unspecified atom stereocenters. The molecule has 0 radical (unpaired) electrons. The second-order valence-electron chi connectivity index (χ2n) is 7.22. The lowest BCUT2D eigenvalue weighted by atomic mass is 9.72. The quantitative estimate of drug-likeness (QED) is 0.915. The minimum atomic E-state index is -0.0582. The average Bonchev–Trinajstić information content (AvgIpc) is 3.01. The number of carbonyl (C=O) groups is 1. The van der Waals surface area contributed by atoms with Gasteiger partial charge in [-0.25, -0.2) is 4.98 Å². The third-order valence-corrected chi connectivity index (χ3v) is 5.55. The fourth-order valence-corrected chi connectivity index (χ4v) is 4.21. The fraction of sp³-hybridized carbons (Fsp3) is 0.450. The summed E-state index contributed by atoms with van der Waals surface area (Å²) in [6.07, 6.45) is 5.36. The van der Waals surface area contributed by atoms with E-state index in [-0.39, 0.29) is 17.2 Å². The first-order chi connectivity index (χ1) is 12.8. The second-order valence-corrected chi connectivity index (χ2v) is 7.22. The summed E-state index contributed by atoms with van der Waals surface area (Å²) in [6, 6.07) is 11.5. The van der Waals surface area contributed by atoms with Gasteiger partial charge in [-0.2, -0.15) is 0 Å². The lowest BCUT2D eigenvalue weighted by Crippen LogP contribution is -2.42. The van der Waals surface area contributed by atoms with Gasteiger partial charge in [0.1, 0.15) is 5.82 Å². The van der Waals surface area contributed by atoms with Gasteiger partial charge in [-0.05, 0) is 37.1 Å². The van der Waals surface area contributed by atoms with Gasteiger partial charge in [0.2, 0.25) is 5.91 Å². The number of anilines is 1. The van der Waals surface area contributed by atoms with Crippen LogP contribution in [0.3, 0.4) is 0 Å². The smallest absolute Gasteiger partial charge is 0.230 e. The topological polar surface area (TPSA) is 67.4 Å². The van der Waals surface area contributed by atoms with Crippen molar-refractivity contribution in [3.63, 3.8) is 0 Å². The summed E-state index contributed by atoms with van der Waals surface area (Å²) in [5, 5.41) is 3.01. The van der Waals surface area contributed by atoms with E-state index >= 15 is 0 Å². The van der Waals surface area contributed by atoms with Crippen molar-refractivity contribution in [2.24, 2.45) is 11.3 Å². The molecule has 4 heterocycles. The predicted molar refractivity (Wildman–Crippen MR) is 98.4 cm³/mol. The number of amides is 1. The number of carbonyl (C=O) groups excluding carboxylic acids is 1. The van der Waals surface area contributed by atoms with Crippen LogP contribution in [-0.2, 0) is 16.1 Å². The van der Waals surface area contributed by atoms with E-state index in [2.05, 4.69) is 20.2 Å². The molecule has 1 N–H and O–H groups in total. The molecule has 26 heavy (non-hydrogen) atoms. The van der Waals surface area contributed by atoms with Gasteiger partial charge in [0.25, 0.3) is 0 Å². The summed E-state index contributed by atoms with van der Waals surface area (Å²) < 4.78 is 5.58. The molecular formula is C20H24N4O2. The number of hydrogen-bond acceptors (Lipinski definition) is 5. The number of aromatic nitrogens is 2. The number of pyridine rings is 2. The molecule has 6 nitrogen and oxygen atoms in total. The van der Waals surface area contributed by atoms with E-state index in [4.69, 9.17) is 4.74 Å². The summed E-state index contributed by atoms with van der Waals surface area (Å²) in [5.41, 5.74) is 1.02. The van der Waals surface area contributed by atoms with Gasteiger partial charge in [0.15, 0.2) is 0 Å². The first-order valence-corrected chi connectivity index (χ1v) is 9.17. The minimum absolute atomic E-state index is 0.0219. The fourth-order valence-electron chi connectivity index (χ4n) is 4.21. The van der Waals surface area contributed by atoms with Crippen molar-refractivity contribution in [2.75, 3.05) is 31.6 Å². The molecule has 1 atom stereocenters. The zero-order chi connectivity index (χ0) is 17.8. The Morgan fingerprint density at radius 1 is 1.15 bits per heavy atom. The lowest BCUT2D eigenvalue weighted by Gasteiger charge is -2.37. The molecule has 0 aliphatic carbocycles. The largest absolute Gasteiger partial charge is 0.381 e. The number of hydrogen-bond donors (Lipinski definition) is 1. The summed E-state index contributed by atoms with van der Waals surface area (Å²) in [4.78, 5) is 24.1. The average molecular weight is 352 g/mol. The van der Waals surface area contributed by atoms with Crippen LogP contribution in [0.1, 0.15) is 18.5 Å². The van der Waals surface area contributed by atoms with Crippen LogP contribution in [0.25, 0.3) is 0 Å². The number of rotatable bonds is 4. The van der Waals surface area contributed by atoms with Crippen molar-refractivity contribution in [3.05, 3.63) is 54.5 Å².